The van der Waals surface area contributed by atoms with E-state index in [0.29, 0.717) is 35.1 Å². The van der Waals surface area contributed by atoms with Gasteiger partial charge < -0.3 is 19.5 Å². The van der Waals surface area contributed by atoms with Crippen LogP contribution in [-0.4, -0.2) is 26.2 Å². The summed E-state index contributed by atoms with van der Waals surface area (Å²) in [6.07, 6.45) is 1.04. The molecule has 0 radical (unpaired) electrons. The minimum Gasteiger partial charge on any atom is -0.495 e. The third-order valence-electron chi connectivity index (χ3n) is 4.28. The van der Waals surface area contributed by atoms with E-state index in [-0.39, 0.29) is 18.1 Å². The Morgan fingerprint density at radius 1 is 1.00 bits per heavy atom. The summed E-state index contributed by atoms with van der Waals surface area (Å²) in [4.78, 5) is 12.4. The molecular formula is C22H28ClNO4. The van der Waals surface area contributed by atoms with Crippen molar-refractivity contribution in [3.05, 3.63) is 52.5 Å². The summed E-state index contributed by atoms with van der Waals surface area (Å²) in [6, 6.07) is 11.1. The standard InChI is InChI=1S/C22H28ClNO4/c1-14(2)28-20-10-8-17(13-21(20)27-5)15(3)24-22(25)11-7-16-6-9-19(26-4)18(23)12-16/h6,8-10,12-15H,7,11H2,1-5H3,(H,24,25). The molecule has 1 atom stereocenters. The van der Waals surface area contributed by atoms with Crippen molar-refractivity contribution in [2.24, 2.45) is 0 Å². The number of methoxy groups -OCH3 is 2. The van der Waals surface area contributed by atoms with Crippen molar-refractivity contribution in [3.63, 3.8) is 0 Å². The van der Waals surface area contributed by atoms with Gasteiger partial charge in [-0.25, -0.2) is 0 Å². The van der Waals surface area contributed by atoms with Gasteiger partial charge in [0.2, 0.25) is 5.91 Å². The van der Waals surface area contributed by atoms with Gasteiger partial charge in [-0.1, -0.05) is 23.7 Å². The van der Waals surface area contributed by atoms with E-state index < -0.39 is 0 Å². The van der Waals surface area contributed by atoms with Crippen LogP contribution in [0.4, 0.5) is 0 Å². The molecule has 0 aliphatic carbocycles. The van der Waals surface area contributed by atoms with Crippen LogP contribution in [0.15, 0.2) is 36.4 Å². The molecule has 0 spiro atoms. The summed E-state index contributed by atoms with van der Waals surface area (Å²) in [5, 5.41) is 3.57. The number of hydrogen-bond donors (Lipinski definition) is 1. The molecule has 0 aliphatic rings. The number of aryl methyl sites for hydroxylation is 1. The molecule has 1 N–H and O–H groups in total. The number of halogens is 1. The maximum atomic E-state index is 12.4. The highest BCUT2D eigenvalue weighted by molar-refractivity contribution is 6.32. The smallest absolute Gasteiger partial charge is 0.220 e. The van der Waals surface area contributed by atoms with Crippen molar-refractivity contribution < 1.29 is 19.0 Å². The Bertz CT molecular complexity index is 807. The third kappa shape index (κ3) is 6.06. The van der Waals surface area contributed by atoms with Crippen molar-refractivity contribution >= 4 is 17.5 Å². The fraction of sp³-hybridized carbons (Fsp3) is 0.409. The lowest BCUT2D eigenvalue weighted by Crippen LogP contribution is -2.26. The molecule has 0 aromatic heterocycles. The first-order chi connectivity index (χ1) is 13.3. The molecule has 2 aromatic rings. The van der Waals surface area contributed by atoms with Crippen LogP contribution in [0, 0.1) is 0 Å². The topological polar surface area (TPSA) is 56.8 Å². The van der Waals surface area contributed by atoms with E-state index in [0.717, 1.165) is 11.1 Å². The highest BCUT2D eigenvalue weighted by Gasteiger charge is 2.14. The highest BCUT2D eigenvalue weighted by Crippen LogP contribution is 2.31. The number of carbonyl (C=O) groups is 1. The number of rotatable bonds is 9. The number of carbonyl (C=O) groups excluding carboxylic acids is 1. The Labute approximate surface area is 171 Å². The zero-order valence-electron chi connectivity index (χ0n) is 17.0. The maximum Gasteiger partial charge on any atom is 0.220 e. The molecule has 28 heavy (non-hydrogen) atoms. The average molecular weight is 406 g/mol. The number of ether oxygens (including phenoxy) is 3. The van der Waals surface area contributed by atoms with Crippen LogP contribution in [0.2, 0.25) is 5.02 Å². The Balaban J connectivity index is 1.95. The molecule has 152 valence electrons. The summed E-state index contributed by atoms with van der Waals surface area (Å²) in [5.74, 6) is 1.94. The summed E-state index contributed by atoms with van der Waals surface area (Å²) in [5.41, 5.74) is 1.94. The molecule has 5 nitrogen and oxygen atoms in total. The van der Waals surface area contributed by atoms with Gasteiger partial charge >= 0.3 is 0 Å². The van der Waals surface area contributed by atoms with Crippen LogP contribution in [0.25, 0.3) is 0 Å². The van der Waals surface area contributed by atoms with Gasteiger partial charge in [0.15, 0.2) is 11.5 Å². The van der Waals surface area contributed by atoms with E-state index in [4.69, 9.17) is 25.8 Å². The number of benzene rings is 2. The van der Waals surface area contributed by atoms with Gasteiger partial charge in [-0.3, -0.25) is 4.79 Å². The quantitative estimate of drug-likeness (QED) is 0.641. The summed E-state index contributed by atoms with van der Waals surface area (Å²) >= 11 is 6.13. The molecule has 6 heteroatoms. The first-order valence-electron chi connectivity index (χ1n) is 9.30. The average Bonchev–Trinajstić information content (AvgIpc) is 2.66. The van der Waals surface area contributed by atoms with Crippen molar-refractivity contribution in [3.8, 4) is 17.2 Å². The molecule has 0 bridgehead atoms. The van der Waals surface area contributed by atoms with Crippen LogP contribution in [-0.2, 0) is 11.2 Å². The Morgan fingerprint density at radius 2 is 1.68 bits per heavy atom. The normalized spacial score (nSPS) is 11.8. The highest BCUT2D eigenvalue weighted by atomic mass is 35.5. The molecule has 1 amide bonds. The molecular weight excluding hydrogens is 378 g/mol. The van der Waals surface area contributed by atoms with Crippen molar-refractivity contribution in [1.82, 2.24) is 5.32 Å². The number of amides is 1. The van der Waals surface area contributed by atoms with Gasteiger partial charge in [-0.15, -0.1) is 0 Å². The molecule has 0 aliphatic heterocycles. The fourth-order valence-electron chi connectivity index (χ4n) is 2.83. The van der Waals surface area contributed by atoms with Crippen molar-refractivity contribution in [2.75, 3.05) is 14.2 Å². The van der Waals surface area contributed by atoms with E-state index in [2.05, 4.69) is 5.32 Å². The van der Waals surface area contributed by atoms with Gasteiger partial charge in [0.25, 0.3) is 0 Å². The SMILES string of the molecule is COc1ccc(CCC(=O)NC(C)c2ccc(OC(C)C)c(OC)c2)cc1Cl. The summed E-state index contributed by atoms with van der Waals surface area (Å²) in [6.45, 7) is 5.87. The van der Waals surface area contributed by atoms with Gasteiger partial charge in [-0.2, -0.15) is 0 Å². The molecule has 0 heterocycles. The van der Waals surface area contributed by atoms with E-state index in [1.165, 1.54) is 0 Å². The second-order valence-electron chi connectivity index (χ2n) is 6.84. The second kappa shape index (κ2) is 10.2. The monoisotopic (exact) mass is 405 g/mol. The predicted molar refractivity (Wildman–Crippen MR) is 112 cm³/mol. The first kappa shape index (κ1) is 21.9. The lowest BCUT2D eigenvalue weighted by Gasteiger charge is -2.18. The van der Waals surface area contributed by atoms with E-state index >= 15 is 0 Å². The minimum absolute atomic E-state index is 0.0269. The Kier molecular flexibility index (Phi) is 8.00. The zero-order valence-corrected chi connectivity index (χ0v) is 17.8. The zero-order chi connectivity index (χ0) is 20.7. The van der Waals surface area contributed by atoms with E-state index in [9.17, 15) is 4.79 Å². The molecule has 1 unspecified atom stereocenters. The molecule has 0 saturated carbocycles. The largest absolute Gasteiger partial charge is 0.495 e. The first-order valence-corrected chi connectivity index (χ1v) is 9.68. The van der Waals surface area contributed by atoms with Gasteiger partial charge in [0, 0.05) is 6.42 Å². The summed E-state index contributed by atoms with van der Waals surface area (Å²) < 4.78 is 16.3. The summed E-state index contributed by atoms with van der Waals surface area (Å²) in [7, 11) is 3.18. The van der Waals surface area contributed by atoms with Crippen molar-refractivity contribution in [2.45, 2.75) is 45.8 Å². The fourth-order valence-corrected chi connectivity index (χ4v) is 3.11. The lowest BCUT2D eigenvalue weighted by atomic mass is 10.1. The van der Waals surface area contributed by atoms with Gasteiger partial charge in [0.1, 0.15) is 5.75 Å². The van der Waals surface area contributed by atoms with Crippen molar-refractivity contribution in [1.29, 1.82) is 0 Å². The Hall–Kier alpha value is -2.40. The third-order valence-corrected chi connectivity index (χ3v) is 4.58. The van der Waals surface area contributed by atoms with E-state index in [1.54, 1.807) is 14.2 Å². The molecule has 2 aromatic carbocycles. The predicted octanol–water partition coefficient (Wildman–Crippen LogP) is 4.95. The molecule has 0 saturated heterocycles. The maximum absolute atomic E-state index is 12.4. The van der Waals surface area contributed by atoms with Crippen LogP contribution in [0.1, 0.15) is 44.4 Å². The van der Waals surface area contributed by atoms with Crippen LogP contribution in [0.5, 0.6) is 17.2 Å². The lowest BCUT2D eigenvalue weighted by molar-refractivity contribution is -0.121. The number of hydrogen-bond acceptors (Lipinski definition) is 4. The molecule has 2 rings (SSSR count). The van der Waals surface area contributed by atoms with Crippen LogP contribution >= 0.6 is 11.6 Å². The van der Waals surface area contributed by atoms with Gasteiger partial charge in [-0.05, 0) is 62.6 Å². The molecule has 0 fully saturated rings. The van der Waals surface area contributed by atoms with E-state index in [1.807, 2.05) is 57.2 Å². The van der Waals surface area contributed by atoms with Crippen LogP contribution < -0.4 is 19.5 Å². The van der Waals surface area contributed by atoms with Crippen LogP contribution in [0.3, 0.4) is 0 Å². The van der Waals surface area contributed by atoms with Gasteiger partial charge in [0.05, 0.1) is 31.4 Å². The number of nitrogens with one attached hydrogen (secondary N) is 1. The Morgan fingerprint density at radius 3 is 2.29 bits per heavy atom. The second-order valence-corrected chi connectivity index (χ2v) is 7.24. The minimum atomic E-state index is -0.144.